The summed E-state index contributed by atoms with van der Waals surface area (Å²) in [5.41, 5.74) is 1.90. The highest BCUT2D eigenvalue weighted by atomic mass is 32.2. The molecule has 1 atom stereocenters. The SMILES string of the molecule is C=CCn1c(=O)c2ccccc2n2c(SCC(=O)N3CCN(C(C)c4ccccc4)CC3)nnc12. The van der Waals surface area contributed by atoms with Crippen molar-refractivity contribution in [1.29, 1.82) is 0 Å². The lowest BCUT2D eigenvalue weighted by Gasteiger charge is -2.38. The number of piperazine rings is 1. The minimum Gasteiger partial charge on any atom is -0.339 e. The van der Waals surface area contributed by atoms with Crippen LogP contribution in [0.2, 0.25) is 0 Å². The molecule has 1 saturated heterocycles. The van der Waals surface area contributed by atoms with Crippen molar-refractivity contribution in [2.24, 2.45) is 0 Å². The molecule has 0 spiro atoms. The molecular formula is C26H28N6O2S. The van der Waals surface area contributed by atoms with E-state index in [0.29, 0.717) is 42.0 Å². The molecule has 1 amide bonds. The van der Waals surface area contributed by atoms with Gasteiger partial charge in [0.15, 0.2) is 5.16 Å². The van der Waals surface area contributed by atoms with Gasteiger partial charge < -0.3 is 4.90 Å². The molecule has 9 heteroatoms. The number of para-hydroxylation sites is 1. The van der Waals surface area contributed by atoms with Crippen LogP contribution in [0.3, 0.4) is 0 Å². The van der Waals surface area contributed by atoms with E-state index in [4.69, 9.17) is 0 Å². The first kappa shape index (κ1) is 23.3. The molecule has 1 unspecified atom stereocenters. The molecular weight excluding hydrogens is 460 g/mol. The Hall–Kier alpha value is -3.43. The number of amides is 1. The van der Waals surface area contributed by atoms with E-state index in [-0.39, 0.29) is 17.2 Å². The molecule has 0 aliphatic carbocycles. The second kappa shape index (κ2) is 10.1. The monoisotopic (exact) mass is 488 g/mol. The summed E-state index contributed by atoms with van der Waals surface area (Å²) < 4.78 is 3.42. The Morgan fingerprint density at radius 2 is 1.77 bits per heavy atom. The predicted octanol–water partition coefficient (Wildman–Crippen LogP) is 3.23. The molecule has 0 saturated carbocycles. The van der Waals surface area contributed by atoms with Gasteiger partial charge >= 0.3 is 0 Å². The molecule has 1 fully saturated rings. The minimum atomic E-state index is -0.129. The quantitative estimate of drug-likeness (QED) is 0.294. The molecule has 0 bridgehead atoms. The fourth-order valence-corrected chi connectivity index (χ4v) is 5.48. The molecule has 4 aromatic rings. The molecule has 0 radical (unpaired) electrons. The Labute approximate surface area is 207 Å². The van der Waals surface area contributed by atoms with E-state index >= 15 is 0 Å². The third-order valence-corrected chi connectivity index (χ3v) is 7.53. The van der Waals surface area contributed by atoms with Gasteiger partial charge in [-0.25, -0.2) is 0 Å². The van der Waals surface area contributed by atoms with Crippen LogP contribution in [0.4, 0.5) is 0 Å². The Balaban J connectivity index is 1.29. The number of thioether (sulfide) groups is 1. The van der Waals surface area contributed by atoms with Gasteiger partial charge in [-0.05, 0) is 24.6 Å². The largest absolute Gasteiger partial charge is 0.339 e. The highest BCUT2D eigenvalue weighted by molar-refractivity contribution is 7.99. The standard InChI is InChI=1S/C26H28N6O2S/c1-3-13-31-24(34)21-11-7-8-12-22(21)32-25(31)27-28-26(32)35-18-23(33)30-16-14-29(15-17-30)19(2)20-9-5-4-6-10-20/h3-12,19H,1,13-18H2,2H3. The summed E-state index contributed by atoms with van der Waals surface area (Å²) in [4.78, 5) is 30.3. The van der Waals surface area contributed by atoms with E-state index in [9.17, 15) is 9.59 Å². The maximum atomic E-state index is 13.0. The van der Waals surface area contributed by atoms with E-state index < -0.39 is 0 Å². The lowest BCUT2D eigenvalue weighted by atomic mass is 10.1. The summed E-state index contributed by atoms with van der Waals surface area (Å²) in [6.07, 6.45) is 1.67. The normalized spacial score (nSPS) is 15.5. The van der Waals surface area contributed by atoms with Crippen LogP contribution in [0.15, 0.2) is 77.2 Å². The molecule has 5 rings (SSSR count). The topological polar surface area (TPSA) is 75.7 Å². The van der Waals surface area contributed by atoms with E-state index in [1.54, 1.807) is 16.7 Å². The van der Waals surface area contributed by atoms with Crippen LogP contribution < -0.4 is 5.56 Å². The zero-order chi connectivity index (χ0) is 24.4. The highest BCUT2D eigenvalue weighted by Gasteiger charge is 2.25. The zero-order valence-electron chi connectivity index (χ0n) is 19.7. The van der Waals surface area contributed by atoms with Crippen LogP contribution in [-0.2, 0) is 11.3 Å². The second-order valence-corrected chi connectivity index (χ2v) is 9.57. The molecule has 3 heterocycles. The zero-order valence-corrected chi connectivity index (χ0v) is 20.5. The van der Waals surface area contributed by atoms with E-state index in [1.807, 2.05) is 33.6 Å². The highest BCUT2D eigenvalue weighted by Crippen LogP contribution is 2.24. The minimum absolute atomic E-state index is 0.0856. The number of carbonyl (C=O) groups is 1. The lowest BCUT2D eigenvalue weighted by molar-refractivity contribution is -0.130. The Morgan fingerprint density at radius 1 is 1.06 bits per heavy atom. The van der Waals surface area contributed by atoms with Gasteiger partial charge in [0.2, 0.25) is 11.7 Å². The van der Waals surface area contributed by atoms with Crippen LogP contribution in [0.1, 0.15) is 18.5 Å². The van der Waals surface area contributed by atoms with Crippen molar-refractivity contribution in [3.63, 3.8) is 0 Å². The van der Waals surface area contributed by atoms with Crippen molar-refractivity contribution in [3.05, 3.63) is 83.2 Å². The Bertz CT molecular complexity index is 1420. The third-order valence-electron chi connectivity index (χ3n) is 6.61. The molecule has 1 aliphatic rings. The van der Waals surface area contributed by atoms with Crippen molar-refractivity contribution >= 4 is 34.3 Å². The van der Waals surface area contributed by atoms with Gasteiger partial charge in [0.05, 0.1) is 16.7 Å². The van der Waals surface area contributed by atoms with Crippen LogP contribution in [-0.4, -0.2) is 66.8 Å². The summed E-state index contributed by atoms with van der Waals surface area (Å²) in [7, 11) is 0. The van der Waals surface area contributed by atoms with Crippen molar-refractivity contribution in [3.8, 4) is 0 Å². The molecule has 180 valence electrons. The van der Waals surface area contributed by atoms with Gasteiger partial charge in [-0.1, -0.05) is 60.3 Å². The van der Waals surface area contributed by atoms with Gasteiger partial charge in [-0.15, -0.1) is 16.8 Å². The van der Waals surface area contributed by atoms with E-state index in [1.165, 1.54) is 17.3 Å². The Morgan fingerprint density at radius 3 is 2.51 bits per heavy atom. The average molecular weight is 489 g/mol. The number of hydrogen-bond donors (Lipinski definition) is 0. The summed E-state index contributed by atoms with van der Waals surface area (Å²) in [6.45, 7) is 9.42. The second-order valence-electron chi connectivity index (χ2n) is 8.63. The van der Waals surface area contributed by atoms with Gasteiger partial charge in [0.25, 0.3) is 5.56 Å². The lowest BCUT2D eigenvalue weighted by Crippen LogP contribution is -2.49. The van der Waals surface area contributed by atoms with Gasteiger partial charge in [-0.2, -0.15) is 0 Å². The first-order chi connectivity index (χ1) is 17.1. The number of aromatic nitrogens is 4. The molecule has 2 aromatic heterocycles. The van der Waals surface area contributed by atoms with Gasteiger partial charge in [0, 0.05) is 38.8 Å². The van der Waals surface area contributed by atoms with Crippen molar-refractivity contribution < 1.29 is 4.79 Å². The number of allylic oxidation sites excluding steroid dienone is 1. The first-order valence-corrected chi connectivity index (χ1v) is 12.7. The summed E-state index contributed by atoms with van der Waals surface area (Å²) in [6, 6.07) is 18.2. The van der Waals surface area contributed by atoms with Crippen LogP contribution in [0.5, 0.6) is 0 Å². The first-order valence-electron chi connectivity index (χ1n) is 11.8. The van der Waals surface area contributed by atoms with Crippen LogP contribution in [0, 0.1) is 0 Å². The number of carbonyl (C=O) groups excluding carboxylic acids is 1. The third kappa shape index (κ3) is 4.49. The maximum absolute atomic E-state index is 13.0. The molecule has 1 aliphatic heterocycles. The summed E-state index contributed by atoms with van der Waals surface area (Å²) in [5.74, 6) is 0.804. The molecule has 0 N–H and O–H groups in total. The number of benzene rings is 2. The van der Waals surface area contributed by atoms with Gasteiger partial charge in [-0.3, -0.25) is 23.5 Å². The number of fused-ring (bicyclic) bond motifs is 3. The summed E-state index contributed by atoms with van der Waals surface area (Å²) >= 11 is 1.35. The van der Waals surface area contributed by atoms with Crippen LogP contribution >= 0.6 is 11.8 Å². The molecule has 2 aromatic carbocycles. The van der Waals surface area contributed by atoms with Crippen LogP contribution in [0.25, 0.3) is 16.7 Å². The average Bonchev–Trinajstić information content (AvgIpc) is 3.34. The van der Waals surface area contributed by atoms with Crippen molar-refractivity contribution in [1.82, 2.24) is 29.0 Å². The van der Waals surface area contributed by atoms with Crippen molar-refractivity contribution in [2.75, 3.05) is 31.9 Å². The van der Waals surface area contributed by atoms with E-state index in [0.717, 1.165) is 18.6 Å². The number of hydrogen-bond acceptors (Lipinski definition) is 6. The van der Waals surface area contributed by atoms with E-state index in [2.05, 4.69) is 52.9 Å². The molecule has 8 nitrogen and oxygen atoms in total. The number of nitrogens with zero attached hydrogens (tertiary/aromatic N) is 6. The fraction of sp³-hybridized carbons (Fsp3) is 0.308. The fourth-order valence-electron chi connectivity index (χ4n) is 4.64. The summed E-state index contributed by atoms with van der Waals surface area (Å²) in [5, 5.41) is 9.77. The Kier molecular flexibility index (Phi) is 6.70. The maximum Gasteiger partial charge on any atom is 0.263 e. The van der Waals surface area contributed by atoms with Gasteiger partial charge in [0.1, 0.15) is 0 Å². The predicted molar refractivity (Wildman–Crippen MR) is 139 cm³/mol. The van der Waals surface area contributed by atoms with Crippen molar-refractivity contribution in [2.45, 2.75) is 24.7 Å². The number of rotatable bonds is 7. The molecule has 35 heavy (non-hydrogen) atoms. The smallest absolute Gasteiger partial charge is 0.263 e.